The van der Waals surface area contributed by atoms with Gasteiger partial charge in [-0.15, -0.1) is 0 Å². The van der Waals surface area contributed by atoms with Crippen molar-refractivity contribution in [3.8, 4) is 0 Å². The van der Waals surface area contributed by atoms with Crippen LogP contribution in [0, 0.1) is 5.92 Å². The number of halogens is 1. The second-order valence-corrected chi connectivity index (χ2v) is 8.86. The van der Waals surface area contributed by atoms with E-state index in [1.165, 1.54) is 5.56 Å². The lowest BCUT2D eigenvalue weighted by molar-refractivity contribution is -0.154. The largest absolute Gasteiger partial charge is 0.459 e. The Morgan fingerprint density at radius 3 is 2.46 bits per heavy atom. The van der Waals surface area contributed by atoms with Crippen LogP contribution in [-0.2, 0) is 9.53 Å². The summed E-state index contributed by atoms with van der Waals surface area (Å²) in [6.45, 7) is 14.3. The Morgan fingerprint density at radius 2 is 1.92 bits per heavy atom. The summed E-state index contributed by atoms with van der Waals surface area (Å²) in [7, 11) is 0. The van der Waals surface area contributed by atoms with E-state index in [0.29, 0.717) is 11.8 Å². The van der Waals surface area contributed by atoms with Crippen molar-refractivity contribution in [3.63, 3.8) is 0 Å². The third-order valence-electron chi connectivity index (χ3n) is 4.41. The Hall–Kier alpha value is -1.16. The van der Waals surface area contributed by atoms with E-state index in [9.17, 15) is 4.79 Å². The second kappa shape index (κ2) is 6.99. The Morgan fingerprint density at radius 1 is 1.29 bits per heavy atom. The highest BCUT2D eigenvalue weighted by molar-refractivity contribution is 9.09. The third kappa shape index (κ3) is 3.90. The quantitative estimate of drug-likeness (QED) is 0.508. The fourth-order valence-corrected chi connectivity index (χ4v) is 3.86. The zero-order chi connectivity index (χ0) is 18.2. The van der Waals surface area contributed by atoms with Gasteiger partial charge >= 0.3 is 5.97 Å². The molecule has 1 aliphatic rings. The number of benzene rings is 1. The van der Waals surface area contributed by atoms with Crippen molar-refractivity contribution in [1.82, 2.24) is 0 Å². The highest BCUT2D eigenvalue weighted by atomic mass is 79.9. The van der Waals surface area contributed by atoms with Crippen LogP contribution in [0.1, 0.15) is 75.9 Å². The number of esters is 1. The van der Waals surface area contributed by atoms with Crippen molar-refractivity contribution in [2.24, 2.45) is 10.9 Å². The van der Waals surface area contributed by atoms with Crippen molar-refractivity contribution < 1.29 is 9.53 Å². The molecule has 3 atom stereocenters. The zero-order valence-electron chi connectivity index (χ0n) is 15.7. The van der Waals surface area contributed by atoms with Gasteiger partial charge < -0.3 is 4.74 Å². The summed E-state index contributed by atoms with van der Waals surface area (Å²) in [6.07, 6.45) is 0. The first kappa shape index (κ1) is 19.2. The lowest BCUT2D eigenvalue weighted by Gasteiger charge is -2.33. The number of fused-ring (bicyclic) bond motifs is 1. The molecule has 0 N–H and O–H groups in total. The van der Waals surface area contributed by atoms with Crippen molar-refractivity contribution in [2.75, 3.05) is 0 Å². The lowest BCUT2D eigenvalue weighted by Crippen LogP contribution is -2.30. The highest BCUT2D eigenvalue weighted by Gasteiger charge is 2.33. The molecular weight excluding hydrogens is 366 g/mol. The standard InChI is InChI=1S/C20H28BrNO2/c1-11(2)18-12(3)14-9-8-10-15(16(14)13(4)22-18)17(21)19(23)24-20(5,6)7/h8-12,17-18H,1-7H3. The lowest BCUT2D eigenvalue weighted by atomic mass is 9.79. The maximum absolute atomic E-state index is 12.5. The Bertz CT molecular complexity index is 658. The van der Waals surface area contributed by atoms with Gasteiger partial charge in [0, 0.05) is 17.2 Å². The fourth-order valence-electron chi connectivity index (χ4n) is 3.39. The minimum Gasteiger partial charge on any atom is -0.459 e. The summed E-state index contributed by atoms with van der Waals surface area (Å²) in [5.74, 6) is 0.557. The van der Waals surface area contributed by atoms with Gasteiger partial charge in [-0.3, -0.25) is 9.79 Å². The topological polar surface area (TPSA) is 38.7 Å². The number of nitrogens with zero attached hydrogens (tertiary/aromatic N) is 1. The molecule has 0 bridgehead atoms. The molecule has 3 unspecified atom stereocenters. The molecule has 0 amide bonds. The van der Waals surface area contributed by atoms with Crippen LogP contribution >= 0.6 is 15.9 Å². The van der Waals surface area contributed by atoms with Crippen LogP contribution in [0.25, 0.3) is 0 Å². The SMILES string of the molecule is CC1=NC(C(C)C)C(C)c2cccc(C(Br)C(=O)OC(C)(C)C)c21. The molecule has 3 nitrogen and oxygen atoms in total. The third-order valence-corrected chi connectivity index (χ3v) is 5.27. The van der Waals surface area contributed by atoms with Gasteiger partial charge in [-0.1, -0.05) is 54.9 Å². The normalized spacial score (nSPS) is 22.0. The van der Waals surface area contributed by atoms with Crippen molar-refractivity contribution >= 4 is 27.6 Å². The Balaban J connectivity index is 2.45. The second-order valence-electron chi connectivity index (χ2n) is 7.95. The van der Waals surface area contributed by atoms with E-state index in [1.54, 1.807) is 0 Å². The Labute approximate surface area is 154 Å². The van der Waals surface area contributed by atoms with Crippen molar-refractivity contribution in [3.05, 3.63) is 34.9 Å². The van der Waals surface area contributed by atoms with Gasteiger partial charge in [-0.2, -0.15) is 0 Å². The minimum absolute atomic E-state index is 0.262. The van der Waals surface area contributed by atoms with Gasteiger partial charge in [-0.05, 0) is 44.7 Å². The van der Waals surface area contributed by atoms with Gasteiger partial charge in [0.25, 0.3) is 0 Å². The molecule has 0 saturated heterocycles. The number of hydrogen-bond acceptors (Lipinski definition) is 3. The molecule has 0 fully saturated rings. The summed E-state index contributed by atoms with van der Waals surface area (Å²) in [5.41, 5.74) is 3.81. The van der Waals surface area contributed by atoms with Crippen LogP contribution in [0.5, 0.6) is 0 Å². The molecule has 0 aliphatic carbocycles. The fraction of sp³-hybridized carbons (Fsp3) is 0.600. The summed E-state index contributed by atoms with van der Waals surface area (Å²) in [6, 6.07) is 6.46. The van der Waals surface area contributed by atoms with Gasteiger partial charge in [-0.25, -0.2) is 0 Å². The van der Waals surface area contributed by atoms with Crippen LogP contribution < -0.4 is 0 Å². The molecule has 1 aliphatic heterocycles. The molecule has 24 heavy (non-hydrogen) atoms. The van der Waals surface area contributed by atoms with Crippen molar-refractivity contribution in [1.29, 1.82) is 0 Å². The molecule has 1 heterocycles. The molecule has 4 heteroatoms. The molecule has 2 rings (SSSR count). The summed E-state index contributed by atoms with van der Waals surface area (Å²) < 4.78 is 5.54. The van der Waals surface area contributed by atoms with Crippen LogP contribution in [0.15, 0.2) is 23.2 Å². The smallest absolute Gasteiger partial charge is 0.324 e. The molecular formula is C20H28BrNO2. The highest BCUT2D eigenvalue weighted by Crippen LogP contribution is 2.39. The first-order valence-electron chi connectivity index (χ1n) is 8.57. The van der Waals surface area contributed by atoms with Gasteiger partial charge in [0.1, 0.15) is 10.4 Å². The van der Waals surface area contributed by atoms with Gasteiger partial charge in [0.05, 0.1) is 6.04 Å². The summed E-state index contributed by atoms with van der Waals surface area (Å²) in [4.78, 5) is 16.9. The zero-order valence-corrected chi connectivity index (χ0v) is 17.3. The number of ether oxygens (including phenoxy) is 1. The van der Waals surface area contributed by atoms with Crippen LogP contribution in [0.2, 0.25) is 0 Å². The number of carbonyl (C=O) groups is 1. The molecule has 0 saturated carbocycles. The number of aliphatic imine (C=N–C) groups is 1. The van der Waals surface area contributed by atoms with E-state index < -0.39 is 10.4 Å². The predicted octanol–water partition coefficient (Wildman–Crippen LogP) is 5.42. The van der Waals surface area contributed by atoms with E-state index in [2.05, 4.69) is 42.8 Å². The first-order valence-corrected chi connectivity index (χ1v) is 9.49. The number of carbonyl (C=O) groups excluding carboxylic acids is 1. The van der Waals surface area contributed by atoms with E-state index >= 15 is 0 Å². The molecule has 0 aromatic heterocycles. The number of hydrogen-bond donors (Lipinski definition) is 0. The average molecular weight is 394 g/mol. The summed E-state index contributed by atoms with van der Waals surface area (Å²) >= 11 is 3.55. The van der Waals surface area contributed by atoms with E-state index in [1.807, 2.05) is 39.8 Å². The van der Waals surface area contributed by atoms with E-state index in [-0.39, 0.29) is 12.0 Å². The monoisotopic (exact) mass is 393 g/mol. The van der Waals surface area contributed by atoms with Gasteiger partial charge in [0.2, 0.25) is 0 Å². The Kier molecular flexibility index (Phi) is 5.58. The average Bonchev–Trinajstić information content (AvgIpc) is 2.47. The molecule has 0 radical (unpaired) electrons. The maximum Gasteiger partial charge on any atom is 0.324 e. The number of alkyl halides is 1. The van der Waals surface area contributed by atoms with Crippen LogP contribution in [0.3, 0.4) is 0 Å². The first-order chi connectivity index (χ1) is 11.0. The van der Waals surface area contributed by atoms with Crippen molar-refractivity contribution in [2.45, 2.75) is 70.9 Å². The minimum atomic E-state index is -0.503. The molecule has 1 aromatic carbocycles. The van der Waals surface area contributed by atoms with Crippen LogP contribution in [0.4, 0.5) is 0 Å². The van der Waals surface area contributed by atoms with E-state index in [4.69, 9.17) is 9.73 Å². The molecule has 1 aromatic rings. The van der Waals surface area contributed by atoms with Gasteiger partial charge in [0.15, 0.2) is 0 Å². The summed E-state index contributed by atoms with van der Waals surface area (Å²) in [5, 5.41) is 0. The maximum atomic E-state index is 12.5. The van der Waals surface area contributed by atoms with Crippen LogP contribution in [-0.4, -0.2) is 23.3 Å². The van der Waals surface area contributed by atoms with E-state index in [0.717, 1.165) is 16.8 Å². The number of rotatable bonds is 3. The predicted molar refractivity (Wildman–Crippen MR) is 103 cm³/mol. The molecule has 0 spiro atoms. The molecule has 132 valence electrons.